The van der Waals surface area contributed by atoms with Gasteiger partial charge in [-0.1, -0.05) is 6.08 Å². The number of rotatable bonds is 7. The molecule has 2 aliphatic rings. The van der Waals surface area contributed by atoms with Crippen LogP contribution in [0.5, 0.6) is 0 Å². The van der Waals surface area contributed by atoms with E-state index in [9.17, 15) is 4.79 Å². The fourth-order valence-electron chi connectivity index (χ4n) is 2.33. The van der Waals surface area contributed by atoms with Crippen molar-refractivity contribution in [2.24, 2.45) is 17.8 Å². The molecule has 0 aromatic heterocycles. The van der Waals surface area contributed by atoms with Crippen LogP contribution in [0.2, 0.25) is 0 Å². The summed E-state index contributed by atoms with van der Waals surface area (Å²) in [6.07, 6.45) is 7.40. The Hall–Kier alpha value is -0.830. The summed E-state index contributed by atoms with van der Waals surface area (Å²) in [6.45, 7) is 3.40. The second-order valence-corrected chi connectivity index (χ2v) is 5.19. The Morgan fingerprint density at radius 1 is 1.38 bits per heavy atom. The monoisotopic (exact) mass is 223 g/mol. The fourth-order valence-corrected chi connectivity index (χ4v) is 2.33. The van der Waals surface area contributed by atoms with Crippen LogP contribution in [-0.2, 0) is 4.79 Å². The van der Waals surface area contributed by atoms with Gasteiger partial charge in [-0.05, 0) is 56.9 Å². The number of nitrogens with one attached hydrogen (secondary N) is 1. The van der Waals surface area contributed by atoms with Crippen molar-refractivity contribution in [3.8, 4) is 0 Å². The van der Waals surface area contributed by atoms with E-state index in [4.69, 9.17) is 5.11 Å². The fraction of sp³-hybridized carbons (Fsp3) is 0.769. The average Bonchev–Trinajstić information content (AvgIpc) is 3.10. The molecule has 0 spiro atoms. The lowest BCUT2D eigenvalue weighted by Crippen LogP contribution is -2.26. The van der Waals surface area contributed by atoms with Crippen molar-refractivity contribution in [1.82, 2.24) is 5.32 Å². The van der Waals surface area contributed by atoms with Gasteiger partial charge < -0.3 is 10.4 Å². The van der Waals surface area contributed by atoms with E-state index in [0.29, 0.717) is 12.1 Å². The average molecular weight is 223 g/mol. The van der Waals surface area contributed by atoms with E-state index in [-0.39, 0.29) is 0 Å². The Bertz CT molecular complexity index is 278. The smallest absolute Gasteiger partial charge is 0.330 e. The normalized spacial score (nSPS) is 21.5. The summed E-state index contributed by atoms with van der Waals surface area (Å²) in [4.78, 5) is 10.6. The Balaban J connectivity index is 1.66. The van der Waals surface area contributed by atoms with E-state index in [0.717, 1.165) is 24.3 Å². The molecule has 0 aromatic carbocycles. The summed E-state index contributed by atoms with van der Waals surface area (Å²) in [6, 6.07) is 0. The van der Waals surface area contributed by atoms with Crippen molar-refractivity contribution in [3.63, 3.8) is 0 Å². The third-order valence-electron chi connectivity index (χ3n) is 3.72. The molecule has 90 valence electrons. The first kappa shape index (κ1) is 11.6. The van der Waals surface area contributed by atoms with Gasteiger partial charge in [0.05, 0.1) is 0 Å². The highest BCUT2D eigenvalue weighted by Gasteiger charge is 2.40. The van der Waals surface area contributed by atoms with Crippen LogP contribution in [0.4, 0.5) is 0 Å². The van der Waals surface area contributed by atoms with E-state index in [1.54, 1.807) is 13.0 Å². The first-order valence-electron chi connectivity index (χ1n) is 6.29. The second-order valence-electron chi connectivity index (χ2n) is 5.19. The van der Waals surface area contributed by atoms with Crippen LogP contribution in [0.25, 0.3) is 0 Å². The molecule has 0 aromatic rings. The first-order valence-corrected chi connectivity index (χ1v) is 6.29. The van der Waals surface area contributed by atoms with Crippen LogP contribution >= 0.6 is 0 Å². The number of carboxylic acid groups (broad SMARTS) is 1. The Kier molecular flexibility index (Phi) is 3.64. The van der Waals surface area contributed by atoms with Crippen molar-refractivity contribution < 1.29 is 9.90 Å². The molecule has 0 heterocycles. The lowest BCUT2D eigenvalue weighted by Gasteiger charge is -2.15. The zero-order valence-corrected chi connectivity index (χ0v) is 9.91. The topological polar surface area (TPSA) is 49.3 Å². The summed E-state index contributed by atoms with van der Waals surface area (Å²) >= 11 is 0. The maximum Gasteiger partial charge on any atom is 0.330 e. The molecular formula is C13H21NO2. The Morgan fingerprint density at radius 3 is 2.38 bits per heavy atom. The lowest BCUT2D eigenvalue weighted by molar-refractivity contribution is -0.132. The first-order chi connectivity index (χ1) is 7.68. The summed E-state index contributed by atoms with van der Waals surface area (Å²) in [7, 11) is 0. The minimum atomic E-state index is -0.817. The van der Waals surface area contributed by atoms with E-state index in [1.807, 2.05) is 0 Å². The van der Waals surface area contributed by atoms with Crippen molar-refractivity contribution in [1.29, 1.82) is 0 Å². The lowest BCUT2D eigenvalue weighted by atomic mass is 9.98. The molecule has 0 aliphatic heterocycles. The molecule has 0 atom stereocenters. The van der Waals surface area contributed by atoms with Crippen molar-refractivity contribution in [3.05, 3.63) is 11.6 Å². The van der Waals surface area contributed by atoms with Gasteiger partial charge in [0.1, 0.15) is 0 Å². The van der Waals surface area contributed by atoms with Gasteiger partial charge in [-0.3, -0.25) is 0 Å². The predicted molar refractivity (Wildman–Crippen MR) is 63.2 cm³/mol. The van der Waals surface area contributed by atoms with Crippen molar-refractivity contribution >= 4 is 5.97 Å². The number of hydrogen-bond donors (Lipinski definition) is 2. The molecule has 3 nitrogen and oxygen atoms in total. The minimum absolute atomic E-state index is 0.432. The van der Waals surface area contributed by atoms with Crippen LogP contribution in [0.1, 0.15) is 32.6 Å². The van der Waals surface area contributed by atoms with Crippen LogP contribution in [0.15, 0.2) is 11.6 Å². The molecule has 2 fully saturated rings. The molecule has 0 saturated heterocycles. The molecule has 0 unspecified atom stereocenters. The van der Waals surface area contributed by atoms with E-state index in [1.165, 1.54) is 25.7 Å². The molecule has 3 heteroatoms. The van der Waals surface area contributed by atoms with E-state index >= 15 is 0 Å². The van der Waals surface area contributed by atoms with Gasteiger partial charge in [0.15, 0.2) is 0 Å². The van der Waals surface area contributed by atoms with Gasteiger partial charge in [0.2, 0.25) is 0 Å². The number of carbonyl (C=O) groups is 1. The van der Waals surface area contributed by atoms with Crippen LogP contribution in [0, 0.1) is 17.8 Å². The van der Waals surface area contributed by atoms with Gasteiger partial charge in [0.25, 0.3) is 0 Å². The molecular weight excluding hydrogens is 202 g/mol. The van der Waals surface area contributed by atoms with E-state index < -0.39 is 5.97 Å². The highest BCUT2D eigenvalue weighted by atomic mass is 16.4. The molecule has 0 amide bonds. The molecule has 2 N–H and O–H groups in total. The maximum atomic E-state index is 10.6. The Morgan fingerprint density at radius 2 is 1.94 bits per heavy atom. The Labute approximate surface area is 96.9 Å². The zero-order chi connectivity index (χ0) is 11.5. The molecule has 2 saturated carbocycles. The minimum Gasteiger partial charge on any atom is -0.478 e. The summed E-state index contributed by atoms with van der Waals surface area (Å²) < 4.78 is 0. The van der Waals surface area contributed by atoms with Gasteiger partial charge in [-0.15, -0.1) is 0 Å². The number of carboxylic acids is 1. The number of aliphatic carboxylic acids is 1. The standard InChI is InChI=1S/C13H21NO2/c1-9(13(15)16)6-7-14-8-12(10-2-3-10)11-4-5-11/h6,10-12,14H,2-5,7-8H2,1H3,(H,15,16). The van der Waals surface area contributed by atoms with Gasteiger partial charge >= 0.3 is 5.97 Å². The van der Waals surface area contributed by atoms with Gasteiger partial charge in [-0.25, -0.2) is 4.79 Å². The number of hydrogen-bond acceptors (Lipinski definition) is 2. The maximum absolute atomic E-state index is 10.6. The molecule has 2 aliphatic carbocycles. The molecule has 16 heavy (non-hydrogen) atoms. The van der Waals surface area contributed by atoms with Crippen molar-refractivity contribution in [2.45, 2.75) is 32.6 Å². The predicted octanol–water partition coefficient (Wildman–Crippen LogP) is 2.04. The molecule has 2 rings (SSSR count). The third kappa shape index (κ3) is 3.34. The largest absolute Gasteiger partial charge is 0.478 e. The van der Waals surface area contributed by atoms with Crippen LogP contribution in [-0.4, -0.2) is 24.2 Å². The summed E-state index contributed by atoms with van der Waals surface area (Å²) in [5.41, 5.74) is 0.432. The highest BCUT2D eigenvalue weighted by Crippen LogP contribution is 2.48. The van der Waals surface area contributed by atoms with Gasteiger partial charge in [-0.2, -0.15) is 0 Å². The summed E-state index contributed by atoms with van der Waals surface area (Å²) in [5.74, 6) is 1.97. The van der Waals surface area contributed by atoms with Crippen LogP contribution < -0.4 is 5.32 Å². The molecule has 0 bridgehead atoms. The van der Waals surface area contributed by atoms with Crippen molar-refractivity contribution in [2.75, 3.05) is 13.1 Å². The zero-order valence-electron chi connectivity index (χ0n) is 9.91. The van der Waals surface area contributed by atoms with Gasteiger partial charge in [0, 0.05) is 12.1 Å². The third-order valence-corrected chi connectivity index (χ3v) is 3.72. The van der Waals surface area contributed by atoms with E-state index in [2.05, 4.69) is 5.32 Å². The quantitative estimate of drug-likeness (QED) is 0.513. The summed E-state index contributed by atoms with van der Waals surface area (Å²) in [5, 5.41) is 12.1. The highest BCUT2D eigenvalue weighted by molar-refractivity contribution is 5.85. The van der Waals surface area contributed by atoms with Crippen LogP contribution in [0.3, 0.4) is 0 Å². The molecule has 0 radical (unpaired) electrons. The second kappa shape index (κ2) is 5.00. The SMILES string of the molecule is CC(=CCNCC(C1CC1)C1CC1)C(=O)O.